The zero-order chi connectivity index (χ0) is 21.8. The number of carbonyl (C=O) groups excluding carboxylic acids is 1. The van der Waals surface area contributed by atoms with E-state index in [0.29, 0.717) is 19.5 Å². The van der Waals surface area contributed by atoms with Crippen molar-refractivity contribution in [2.24, 2.45) is 4.99 Å². The fourth-order valence-electron chi connectivity index (χ4n) is 3.65. The van der Waals surface area contributed by atoms with Crippen molar-refractivity contribution in [3.63, 3.8) is 0 Å². The highest BCUT2D eigenvalue weighted by Crippen LogP contribution is 2.22. The average Bonchev–Trinajstić information content (AvgIpc) is 2.76. The summed E-state index contributed by atoms with van der Waals surface area (Å²) < 4.78 is 5.54. The molecule has 168 valence electrons. The molecule has 2 N–H and O–H groups in total. The molecule has 0 radical (unpaired) electrons. The number of benzene rings is 1. The predicted molar refractivity (Wildman–Crippen MR) is 123 cm³/mol. The van der Waals surface area contributed by atoms with Crippen LogP contribution in [-0.2, 0) is 9.53 Å². The lowest BCUT2D eigenvalue weighted by molar-refractivity contribution is -0.130. The van der Waals surface area contributed by atoms with Gasteiger partial charge < -0.3 is 20.3 Å². The van der Waals surface area contributed by atoms with Gasteiger partial charge in [0.05, 0.1) is 25.8 Å². The fraction of sp³-hybridized carbons (Fsp3) is 0.652. The lowest BCUT2D eigenvalue weighted by Gasteiger charge is -2.34. The summed E-state index contributed by atoms with van der Waals surface area (Å²) >= 11 is 0. The Morgan fingerprint density at radius 1 is 1.13 bits per heavy atom. The van der Waals surface area contributed by atoms with Crippen molar-refractivity contribution < 1.29 is 9.53 Å². The molecule has 1 aliphatic heterocycles. The van der Waals surface area contributed by atoms with Crippen molar-refractivity contribution in [2.45, 2.75) is 40.2 Å². The second-order valence-electron chi connectivity index (χ2n) is 7.54. The van der Waals surface area contributed by atoms with Crippen molar-refractivity contribution in [3.05, 3.63) is 35.4 Å². The number of guanidine groups is 1. The number of hydrogen-bond acceptors (Lipinski definition) is 4. The van der Waals surface area contributed by atoms with Gasteiger partial charge in [-0.15, -0.1) is 0 Å². The number of ether oxygens (including phenoxy) is 1. The molecule has 1 aromatic carbocycles. The van der Waals surface area contributed by atoms with Crippen LogP contribution < -0.4 is 10.6 Å². The summed E-state index contributed by atoms with van der Waals surface area (Å²) in [6.07, 6.45) is 0.469. The van der Waals surface area contributed by atoms with E-state index in [1.807, 2.05) is 18.7 Å². The van der Waals surface area contributed by atoms with E-state index in [1.54, 1.807) is 0 Å². The zero-order valence-corrected chi connectivity index (χ0v) is 19.1. The SMILES string of the molecule is CCNC(=NCC(c1ccc(C)cc1)N1CCOCC1)NCCC(=O)N(CC)CC. The van der Waals surface area contributed by atoms with Gasteiger partial charge in [0.1, 0.15) is 0 Å². The smallest absolute Gasteiger partial charge is 0.224 e. The molecule has 1 heterocycles. The highest BCUT2D eigenvalue weighted by Gasteiger charge is 2.22. The predicted octanol–water partition coefficient (Wildman–Crippen LogP) is 2.18. The van der Waals surface area contributed by atoms with E-state index in [4.69, 9.17) is 9.73 Å². The highest BCUT2D eigenvalue weighted by atomic mass is 16.5. The van der Waals surface area contributed by atoms with E-state index < -0.39 is 0 Å². The van der Waals surface area contributed by atoms with Crippen LogP contribution in [-0.4, -0.2) is 80.7 Å². The normalized spacial score (nSPS) is 16.2. The second-order valence-corrected chi connectivity index (χ2v) is 7.54. The number of rotatable bonds is 10. The maximum absolute atomic E-state index is 12.2. The number of amides is 1. The molecule has 7 nitrogen and oxygen atoms in total. The number of aliphatic imine (C=N–C) groups is 1. The Hall–Kier alpha value is -2.12. The van der Waals surface area contributed by atoms with Crippen molar-refractivity contribution in [2.75, 3.05) is 59.0 Å². The van der Waals surface area contributed by atoms with E-state index in [2.05, 4.69) is 53.6 Å². The van der Waals surface area contributed by atoms with Crippen molar-refractivity contribution in [1.82, 2.24) is 20.4 Å². The molecular formula is C23H39N5O2. The minimum absolute atomic E-state index is 0.175. The Morgan fingerprint density at radius 3 is 2.40 bits per heavy atom. The summed E-state index contributed by atoms with van der Waals surface area (Å²) in [4.78, 5) is 21.4. The molecule has 30 heavy (non-hydrogen) atoms. The lowest BCUT2D eigenvalue weighted by atomic mass is 10.0. The van der Waals surface area contributed by atoms with Crippen LogP contribution >= 0.6 is 0 Å². The standard InChI is InChI=1S/C23H39N5O2/c1-5-24-23(25-13-12-22(29)27(6-2)7-3)26-18-21(28-14-16-30-17-15-28)20-10-8-19(4)9-11-20/h8-11,21H,5-7,12-18H2,1-4H3,(H2,24,25,26). The first-order chi connectivity index (χ1) is 14.6. The van der Waals surface area contributed by atoms with Gasteiger partial charge in [0, 0.05) is 45.7 Å². The molecule has 0 saturated carbocycles. The number of aryl methyl sites for hydroxylation is 1. The second kappa shape index (κ2) is 13.2. The van der Waals surface area contributed by atoms with E-state index in [-0.39, 0.29) is 11.9 Å². The summed E-state index contributed by atoms with van der Waals surface area (Å²) in [6.45, 7) is 15.1. The Kier molecular flexibility index (Phi) is 10.7. The van der Waals surface area contributed by atoms with E-state index in [1.165, 1.54) is 11.1 Å². The molecule has 0 aliphatic carbocycles. The Bertz CT molecular complexity index is 652. The molecule has 1 aromatic rings. The molecule has 0 spiro atoms. The maximum atomic E-state index is 12.2. The van der Waals surface area contributed by atoms with Gasteiger partial charge in [-0.2, -0.15) is 0 Å². The van der Waals surface area contributed by atoms with E-state index in [9.17, 15) is 4.79 Å². The third-order valence-electron chi connectivity index (χ3n) is 5.46. The molecular weight excluding hydrogens is 378 g/mol. The molecule has 0 bridgehead atoms. The summed E-state index contributed by atoms with van der Waals surface area (Å²) in [6, 6.07) is 8.94. The van der Waals surface area contributed by atoms with Crippen LogP contribution in [0.5, 0.6) is 0 Å². The number of morpholine rings is 1. The van der Waals surface area contributed by atoms with Gasteiger partial charge in [-0.1, -0.05) is 29.8 Å². The van der Waals surface area contributed by atoms with Crippen LogP contribution in [0.15, 0.2) is 29.3 Å². The fourth-order valence-corrected chi connectivity index (χ4v) is 3.65. The molecule has 1 amide bonds. The Labute approximate surface area is 181 Å². The van der Waals surface area contributed by atoms with Gasteiger partial charge in [0.15, 0.2) is 5.96 Å². The number of hydrogen-bond donors (Lipinski definition) is 2. The van der Waals surface area contributed by atoms with Crippen LogP contribution in [0.3, 0.4) is 0 Å². The third kappa shape index (κ3) is 7.61. The summed E-state index contributed by atoms with van der Waals surface area (Å²) in [5, 5.41) is 6.62. The average molecular weight is 418 g/mol. The zero-order valence-electron chi connectivity index (χ0n) is 19.1. The van der Waals surface area contributed by atoms with Crippen molar-refractivity contribution >= 4 is 11.9 Å². The quantitative estimate of drug-likeness (QED) is 0.451. The summed E-state index contributed by atoms with van der Waals surface area (Å²) in [5.74, 6) is 0.935. The Morgan fingerprint density at radius 2 is 1.80 bits per heavy atom. The van der Waals surface area contributed by atoms with Gasteiger partial charge in [-0.05, 0) is 33.3 Å². The van der Waals surface area contributed by atoms with Gasteiger partial charge in [-0.3, -0.25) is 14.7 Å². The monoisotopic (exact) mass is 417 g/mol. The van der Waals surface area contributed by atoms with Crippen LogP contribution in [0.1, 0.15) is 44.4 Å². The van der Waals surface area contributed by atoms with E-state index in [0.717, 1.165) is 51.9 Å². The first kappa shape index (κ1) is 24.2. The van der Waals surface area contributed by atoms with Gasteiger partial charge >= 0.3 is 0 Å². The highest BCUT2D eigenvalue weighted by molar-refractivity contribution is 5.81. The van der Waals surface area contributed by atoms with Gasteiger partial charge in [0.2, 0.25) is 5.91 Å². The van der Waals surface area contributed by atoms with E-state index >= 15 is 0 Å². The van der Waals surface area contributed by atoms with Crippen LogP contribution in [0.2, 0.25) is 0 Å². The van der Waals surface area contributed by atoms with Crippen LogP contribution in [0.25, 0.3) is 0 Å². The molecule has 1 saturated heterocycles. The minimum Gasteiger partial charge on any atom is -0.379 e. The number of nitrogens with zero attached hydrogens (tertiary/aromatic N) is 3. The maximum Gasteiger partial charge on any atom is 0.224 e. The molecule has 1 unspecified atom stereocenters. The molecule has 1 fully saturated rings. The molecule has 2 rings (SSSR count). The van der Waals surface area contributed by atoms with Gasteiger partial charge in [0.25, 0.3) is 0 Å². The Balaban J connectivity index is 2.03. The minimum atomic E-state index is 0.175. The first-order valence-corrected chi connectivity index (χ1v) is 11.3. The topological polar surface area (TPSA) is 69.2 Å². The molecule has 1 atom stereocenters. The van der Waals surface area contributed by atoms with Gasteiger partial charge in [-0.25, -0.2) is 0 Å². The number of carbonyl (C=O) groups is 1. The molecule has 1 aliphatic rings. The van der Waals surface area contributed by atoms with Crippen LogP contribution in [0.4, 0.5) is 0 Å². The third-order valence-corrected chi connectivity index (χ3v) is 5.46. The molecule has 0 aromatic heterocycles. The first-order valence-electron chi connectivity index (χ1n) is 11.3. The number of nitrogens with one attached hydrogen (secondary N) is 2. The van der Waals surface area contributed by atoms with Crippen molar-refractivity contribution in [1.29, 1.82) is 0 Å². The summed E-state index contributed by atoms with van der Waals surface area (Å²) in [5.41, 5.74) is 2.54. The van der Waals surface area contributed by atoms with Crippen molar-refractivity contribution in [3.8, 4) is 0 Å². The summed E-state index contributed by atoms with van der Waals surface area (Å²) in [7, 11) is 0. The molecule has 7 heteroatoms. The largest absolute Gasteiger partial charge is 0.379 e. The van der Waals surface area contributed by atoms with Crippen LogP contribution in [0, 0.1) is 6.92 Å². The lowest BCUT2D eigenvalue weighted by Crippen LogP contribution is -2.42.